The van der Waals surface area contributed by atoms with Crippen LogP contribution in [0.4, 0.5) is 24.5 Å². The molecule has 7 nitrogen and oxygen atoms in total. The van der Waals surface area contributed by atoms with E-state index in [1.54, 1.807) is 6.07 Å². The van der Waals surface area contributed by atoms with E-state index in [4.69, 9.17) is 5.73 Å². The van der Waals surface area contributed by atoms with Gasteiger partial charge in [0, 0.05) is 11.3 Å². The van der Waals surface area contributed by atoms with E-state index in [-0.39, 0.29) is 26.9 Å². The molecular weight excluding hydrogens is 469 g/mol. The second-order valence-electron chi connectivity index (χ2n) is 7.40. The van der Waals surface area contributed by atoms with E-state index >= 15 is 8.78 Å². The van der Waals surface area contributed by atoms with Crippen molar-refractivity contribution in [2.45, 2.75) is 12.0 Å². The van der Waals surface area contributed by atoms with E-state index in [0.717, 1.165) is 17.1 Å². The van der Waals surface area contributed by atoms with Crippen molar-refractivity contribution < 1.29 is 26.1 Å². The first-order valence-corrected chi connectivity index (χ1v) is 11.2. The van der Waals surface area contributed by atoms with Gasteiger partial charge in [-0.3, -0.25) is 9.56 Å². The van der Waals surface area contributed by atoms with Gasteiger partial charge in [-0.15, -0.1) is 0 Å². The van der Waals surface area contributed by atoms with E-state index in [0.29, 0.717) is 5.69 Å². The van der Waals surface area contributed by atoms with Crippen LogP contribution in [0, 0.1) is 17.1 Å². The molecule has 0 saturated carbocycles. The van der Waals surface area contributed by atoms with Crippen molar-refractivity contribution >= 4 is 27.4 Å². The molecule has 1 aliphatic heterocycles. The molecule has 0 fully saturated rings. The predicted molar refractivity (Wildman–Crippen MR) is 120 cm³/mol. The Bertz CT molecular complexity index is 1390. The number of hydrazine groups is 1. The van der Waals surface area contributed by atoms with Crippen LogP contribution in [-0.4, -0.2) is 23.8 Å². The fraction of sp³-hybridized carbons (Fsp3) is 0.0870. The molecule has 0 radical (unpaired) electrons. The van der Waals surface area contributed by atoms with Gasteiger partial charge >= 0.3 is 10.3 Å². The first-order valence-electron chi connectivity index (χ1n) is 9.80. The number of hydrogen-bond acceptors (Lipinski definition) is 5. The molecule has 0 aromatic heterocycles. The Morgan fingerprint density at radius 1 is 0.971 bits per heavy atom. The van der Waals surface area contributed by atoms with Gasteiger partial charge in [0.05, 0.1) is 23.0 Å². The van der Waals surface area contributed by atoms with E-state index in [9.17, 15) is 22.6 Å². The van der Waals surface area contributed by atoms with Crippen molar-refractivity contribution in [2.24, 2.45) is 0 Å². The van der Waals surface area contributed by atoms with Gasteiger partial charge in [0.25, 0.3) is 6.43 Å². The number of alkyl halides is 2. The number of halogens is 3. The second-order valence-corrected chi connectivity index (χ2v) is 8.64. The maximum Gasteiger partial charge on any atom is 0.354 e. The standard InChI is InChI=1S/C23H17F3N4O3S/c24-17-8-6-15(7-9-17)21-20(14-27)23(22(25)26,16-4-2-1-3-5-16)30(34(31,32)33)29(21)19-12-10-18(28)11-13-19/h1-13,22H,28H2,(H,31,32,33). The van der Waals surface area contributed by atoms with Crippen LogP contribution in [0.15, 0.2) is 84.4 Å². The summed E-state index contributed by atoms with van der Waals surface area (Å²) in [6.07, 6.45) is -3.50. The first-order chi connectivity index (χ1) is 16.1. The first kappa shape index (κ1) is 23.3. The fourth-order valence-corrected chi connectivity index (χ4v) is 5.07. The molecule has 0 bridgehead atoms. The lowest BCUT2D eigenvalue weighted by Crippen LogP contribution is -2.56. The summed E-state index contributed by atoms with van der Waals surface area (Å²) in [5.74, 6) is -0.630. The molecule has 174 valence electrons. The monoisotopic (exact) mass is 486 g/mol. The van der Waals surface area contributed by atoms with Gasteiger partial charge < -0.3 is 5.73 Å². The van der Waals surface area contributed by atoms with Crippen molar-refractivity contribution in [2.75, 3.05) is 10.7 Å². The molecule has 3 aromatic carbocycles. The molecule has 34 heavy (non-hydrogen) atoms. The lowest BCUT2D eigenvalue weighted by atomic mass is 9.83. The molecule has 11 heteroatoms. The number of nitrogen functional groups attached to an aromatic ring is 1. The average molecular weight is 486 g/mol. The summed E-state index contributed by atoms with van der Waals surface area (Å²) in [5.41, 5.74) is 2.01. The summed E-state index contributed by atoms with van der Waals surface area (Å²) in [6.45, 7) is 0. The van der Waals surface area contributed by atoms with Crippen LogP contribution >= 0.6 is 0 Å². The van der Waals surface area contributed by atoms with Crippen LogP contribution in [0.2, 0.25) is 0 Å². The highest BCUT2D eigenvalue weighted by atomic mass is 32.2. The summed E-state index contributed by atoms with van der Waals surface area (Å²) < 4.78 is 79.7. The van der Waals surface area contributed by atoms with E-state index < -0.39 is 33.7 Å². The number of nitrogens with zero attached hydrogens (tertiary/aromatic N) is 3. The van der Waals surface area contributed by atoms with E-state index in [1.807, 2.05) is 0 Å². The number of hydrogen-bond donors (Lipinski definition) is 2. The molecule has 3 N–H and O–H groups in total. The lowest BCUT2D eigenvalue weighted by molar-refractivity contribution is 0.0112. The molecule has 0 saturated heterocycles. The Morgan fingerprint density at radius 2 is 1.56 bits per heavy atom. The minimum Gasteiger partial charge on any atom is -0.399 e. The molecule has 0 aliphatic carbocycles. The number of nitriles is 1. The number of rotatable bonds is 5. The zero-order chi connectivity index (χ0) is 24.7. The van der Waals surface area contributed by atoms with Crippen molar-refractivity contribution in [1.82, 2.24) is 4.41 Å². The van der Waals surface area contributed by atoms with Crippen LogP contribution in [0.3, 0.4) is 0 Å². The van der Waals surface area contributed by atoms with E-state index in [2.05, 4.69) is 0 Å². The highest BCUT2D eigenvalue weighted by Gasteiger charge is 2.64. The SMILES string of the molecule is N#CC1=C(c2ccc(F)cc2)N(c2ccc(N)cc2)N(S(=O)(=O)O)C1(c1ccccc1)C(F)F. The molecule has 1 atom stereocenters. The van der Waals surface area contributed by atoms with Gasteiger partial charge in [-0.05, 0) is 54.1 Å². The second kappa shape index (κ2) is 8.49. The summed E-state index contributed by atoms with van der Waals surface area (Å²) >= 11 is 0. The van der Waals surface area contributed by atoms with Gasteiger partial charge in [0.2, 0.25) is 0 Å². The molecule has 0 amide bonds. The van der Waals surface area contributed by atoms with Gasteiger partial charge in [-0.1, -0.05) is 34.7 Å². The third-order valence-corrected chi connectivity index (χ3v) is 6.32. The molecule has 1 aliphatic rings. The van der Waals surface area contributed by atoms with Crippen LogP contribution in [0.1, 0.15) is 11.1 Å². The molecule has 4 rings (SSSR count). The Hall–Kier alpha value is -3.85. The summed E-state index contributed by atoms with van der Waals surface area (Å²) in [4.78, 5) is 0. The summed E-state index contributed by atoms with van der Waals surface area (Å²) in [6, 6.07) is 18.6. The summed E-state index contributed by atoms with van der Waals surface area (Å²) in [5, 5.41) is 10.9. The Morgan fingerprint density at radius 3 is 2.06 bits per heavy atom. The largest absolute Gasteiger partial charge is 0.399 e. The Balaban J connectivity index is 2.19. The van der Waals surface area contributed by atoms with Crippen molar-refractivity contribution in [3.63, 3.8) is 0 Å². The van der Waals surface area contributed by atoms with Gasteiger partial charge in [0.1, 0.15) is 5.82 Å². The van der Waals surface area contributed by atoms with Crippen LogP contribution in [-0.2, 0) is 15.8 Å². The zero-order valence-electron chi connectivity index (χ0n) is 17.3. The minimum atomic E-state index is -5.42. The quantitative estimate of drug-likeness (QED) is 0.410. The number of nitrogens with two attached hydrogens (primary N) is 1. The molecule has 3 aromatic rings. The van der Waals surface area contributed by atoms with Gasteiger partial charge in [-0.25, -0.2) is 13.2 Å². The molecule has 1 unspecified atom stereocenters. The van der Waals surface area contributed by atoms with Crippen LogP contribution in [0.25, 0.3) is 5.70 Å². The lowest BCUT2D eigenvalue weighted by Gasteiger charge is -2.39. The smallest absolute Gasteiger partial charge is 0.354 e. The minimum absolute atomic E-state index is 0.0114. The maximum absolute atomic E-state index is 15.1. The highest BCUT2D eigenvalue weighted by molar-refractivity contribution is 7.83. The molecule has 0 spiro atoms. The number of anilines is 2. The van der Waals surface area contributed by atoms with Crippen molar-refractivity contribution in [3.8, 4) is 6.07 Å². The van der Waals surface area contributed by atoms with Gasteiger partial charge in [0.15, 0.2) is 5.54 Å². The number of benzene rings is 3. The highest BCUT2D eigenvalue weighted by Crippen LogP contribution is 2.54. The van der Waals surface area contributed by atoms with E-state index in [1.165, 1.54) is 66.7 Å². The Labute approximate surface area is 193 Å². The zero-order valence-corrected chi connectivity index (χ0v) is 18.1. The fourth-order valence-electron chi connectivity index (χ4n) is 4.04. The molecule has 1 heterocycles. The Kier molecular flexibility index (Phi) is 5.82. The van der Waals surface area contributed by atoms with Gasteiger partial charge in [-0.2, -0.15) is 13.7 Å². The predicted octanol–water partition coefficient (Wildman–Crippen LogP) is 4.34. The maximum atomic E-state index is 15.1. The van der Waals surface area contributed by atoms with Crippen LogP contribution < -0.4 is 10.7 Å². The third-order valence-electron chi connectivity index (χ3n) is 5.43. The normalized spacial score (nSPS) is 19.0. The third kappa shape index (κ3) is 3.58. The average Bonchev–Trinajstić information content (AvgIpc) is 3.13. The topological polar surface area (TPSA) is 111 Å². The van der Waals surface area contributed by atoms with Crippen LogP contribution in [0.5, 0.6) is 0 Å². The van der Waals surface area contributed by atoms with Crippen molar-refractivity contribution in [3.05, 3.63) is 101 Å². The summed E-state index contributed by atoms with van der Waals surface area (Å²) in [7, 11) is -5.42. The molecular formula is C23H17F3N4O3S. The van der Waals surface area contributed by atoms with Crippen molar-refractivity contribution in [1.29, 1.82) is 5.26 Å².